The monoisotopic (exact) mass is 263 g/mol. The SMILES string of the molecule is CCCCNC(=O)c1ccc(NCCC(C)C)cn1. The highest BCUT2D eigenvalue weighted by atomic mass is 16.1. The zero-order chi connectivity index (χ0) is 14.1. The Kier molecular flexibility index (Phi) is 6.93. The molecule has 1 aromatic heterocycles. The van der Waals surface area contributed by atoms with Crippen LogP contribution in [0.2, 0.25) is 0 Å². The van der Waals surface area contributed by atoms with Crippen LogP contribution >= 0.6 is 0 Å². The van der Waals surface area contributed by atoms with Crippen molar-refractivity contribution in [1.82, 2.24) is 10.3 Å². The van der Waals surface area contributed by atoms with Crippen molar-refractivity contribution in [2.45, 2.75) is 40.0 Å². The minimum Gasteiger partial charge on any atom is -0.384 e. The summed E-state index contributed by atoms with van der Waals surface area (Å²) in [6, 6.07) is 3.67. The number of hydrogen-bond acceptors (Lipinski definition) is 3. The molecule has 0 aromatic carbocycles. The maximum Gasteiger partial charge on any atom is 0.269 e. The molecule has 1 rings (SSSR count). The summed E-state index contributed by atoms with van der Waals surface area (Å²) in [7, 11) is 0. The Hall–Kier alpha value is -1.58. The molecule has 1 amide bonds. The molecule has 4 heteroatoms. The van der Waals surface area contributed by atoms with Gasteiger partial charge in [0.2, 0.25) is 0 Å². The molecule has 1 heterocycles. The summed E-state index contributed by atoms with van der Waals surface area (Å²) in [5.74, 6) is 0.589. The first kappa shape index (κ1) is 15.5. The topological polar surface area (TPSA) is 54.0 Å². The molecule has 0 unspecified atom stereocenters. The van der Waals surface area contributed by atoms with Crippen molar-refractivity contribution in [3.8, 4) is 0 Å². The van der Waals surface area contributed by atoms with E-state index >= 15 is 0 Å². The molecule has 0 bridgehead atoms. The van der Waals surface area contributed by atoms with Crippen LogP contribution in [0.5, 0.6) is 0 Å². The number of carbonyl (C=O) groups excluding carboxylic acids is 1. The number of anilines is 1. The summed E-state index contributed by atoms with van der Waals surface area (Å²) in [5.41, 5.74) is 1.44. The summed E-state index contributed by atoms with van der Waals surface area (Å²) in [6.07, 6.45) is 4.92. The number of nitrogens with one attached hydrogen (secondary N) is 2. The molecule has 0 spiro atoms. The van der Waals surface area contributed by atoms with E-state index in [9.17, 15) is 4.79 Å². The molecular weight excluding hydrogens is 238 g/mol. The molecule has 0 saturated heterocycles. The predicted molar refractivity (Wildman–Crippen MR) is 79.4 cm³/mol. The van der Waals surface area contributed by atoms with Crippen LogP contribution in [0.25, 0.3) is 0 Å². The van der Waals surface area contributed by atoms with Crippen molar-refractivity contribution in [2.75, 3.05) is 18.4 Å². The largest absolute Gasteiger partial charge is 0.384 e. The Morgan fingerprint density at radius 3 is 2.68 bits per heavy atom. The van der Waals surface area contributed by atoms with Crippen molar-refractivity contribution in [1.29, 1.82) is 0 Å². The van der Waals surface area contributed by atoms with Crippen molar-refractivity contribution in [3.05, 3.63) is 24.0 Å². The summed E-state index contributed by atoms with van der Waals surface area (Å²) in [5, 5.41) is 6.16. The zero-order valence-corrected chi connectivity index (χ0v) is 12.2. The maximum absolute atomic E-state index is 11.7. The third-order valence-electron chi connectivity index (χ3n) is 2.86. The summed E-state index contributed by atoms with van der Waals surface area (Å²) in [6.45, 7) is 8.14. The first-order chi connectivity index (χ1) is 9.13. The quantitative estimate of drug-likeness (QED) is 0.709. The Bertz CT molecular complexity index is 373. The average molecular weight is 263 g/mol. The van der Waals surface area contributed by atoms with E-state index in [0.717, 1.165) is 31.5 Å². The van der Waals surface area contributed by atoms with Crippen molar-refractivity contribution in [3.63, 3.8) is 0 Å². The molecule has 19 heavy (non-hydrogen) atoms. The first-order valence-electron chi connectivity index (χ1n) is 7.11. The number of aromatic nitrogens is 1. The minimum atomic E-state index is -0.0952. The summed E-state index contributed by atoms with van der Waals surface area (Å²) in [4.78, 5) is 15.9. The number of amides is 1. The van der Waals surface area contributed by atoms with Gasteiger partial charge in [-0.05, 0) is 30.9 Å². The highest BCUT2D eigenvalue weighted by Crippen LogP contribution is 2.07. The van der Waals surface area contributed by atoms with Gasteiger partial charge in [0.25, 0.3) is 5.91 Å². The van der Waals surface area contributed by atoms with Gasteiger partial charge in [0.15, 0.2) is 0 Å². The van der Waals surface area contributed by atoms with Crippen LogP contribution in [0.4, 0.5) is 5.69 Å². The van der Waals surface area contributed by atoms with E-state index in [2.05, 4.69) is 36.4 Å². The average Bonchev–Trinajstić information content (AvgIpc) is 2.39. The Labute approximate surface area is 116 Å². The van der Waals surface area contributed by atoms with Gasteiger partial charge in [0.1, 0.15) is 5.69 Å². The molecule has 0 aliphatic rings. The Morgan fingerprint density at radius 2 is 2.11 bits per heavy atom. The third kappa shape index (κ3) is 6.22. The second-order valence-electron chi connectivity index (χ2n) is 5.15. The van der Waals surface area contributed by atoms with Crippen LogP contribution in [0.1, 0.15) is 50.5 Å². The van der Waals surface area contributed by atoms with E-state index < -0.39 is 0 Å². The fraction of sp³-hybridized carbons (Fsp3) is 0.600. The molecule has 0 atom stereocenters. The molecule has 2 N–H and O–H groups in total. The molecule has 0 aliphatic heterocycles. The van der Waals surface area contributed by atoms with Crippen LogP contribution < -0.4 is 10.6 Å². The fourth-order valence-electron chi connectivity index (χ4n) is 1.61. The normalized spacial score (nSPS) is 10.5. The number of pyridine rings is 1. The van der Waals surface area contributed by atoms with Crippen LogP contribution in [-0.4, -0.2) is 24.0 Å². The summed E-state index contributed by atoms with van der Waals surface area (Å²) >= 11 is 0. The van der Waals surface area contributed by atoms with E-state index in [1.54, 1.807) is 12.3 Å². The lowest BCUT2D eigenvalue weighted by molar-refractivity contribution is 0.0948. The summed E-state index contributed by atoms with van der Waals surface area (Å²) < 4.78 is 0. The lowest BCUT2D eigenvalue weighted by Gasteiger charge is -2.08. The molecule has 106 valence electrons. The van der Waals surface area contributed by atoms with Gasteiger partial charge in [-0.2, -0.15) is 0 Å². The first-order valence-corrected chi connectivity index (χ1v) is 7.11. The van der Waals surface area contributed by atoms with Gasteiger partial charge in [-0.1, -0.05) is 27.2 Å². The Morgan fingerprint density at radius 1 is 1.32 bits per heavy atom. The number of carbonyl (C=O) groups is 1. The van der Waals surface area contributed by atoms with Gasteiger partial charge < -0.3 is 10.6 Å². The smallest absolute Gasteiger partial charge is 0.269 e. The lowest BCUT2D eigenvalue weighted by Crippen LogP contribution is -2.25. The van der Waals surface area contributed by atoms with Gasteiger partial charge in [0, 0.05) is 13.1 Å². The predicted octanol–water partition coefficient (Wildman–Crippen LogP) is 3.07. The third-order valence-corrected chi connectivity index (χ3v) is 2.86. The van der Waals surface area contributed by atoms with E-state index in [0.29, 0.717) is 18.2 Å². The van der Waals surface area contributed by atoms with Crippen LogP contribution in [0, 0.1) is 5.92 Å². The Balaban J connectivity index is 2.40. The van der Waals surface area contributed by atoms with Crippen LogP contribution in [0.3, 0.4) is 0 Å². The fourth-order valence-corrected chi connectivity index (χ4v) is 1.61. The molecule has 0 saturated carbocycles. The molecule has 4 nitrogen and oxygen atoms in total. The number of nitrogens with zero attached hydrogens (tertiary/aromatic N) is 1. The number of hydrogen-bond donors (Lipinski definition) is 2. The second-order valence-corrected chi connectivity index (χ2v) is 5.15. The van der Waals surface area contributed by atoms with Gasteiger partial charge >= 0.3 is 0 Å². The van der Waals surface area contributed by atoms with Crippen LogP contribution in [-0.2, 0) is 0 Å². The molecule has 0 aliphatic carbocycles. The van der Waals surface area contributed by atoms with Gasteiger partial charge in [0.05, 0.1) is 11.9 Å². The van der Waals surface area contributed by atoms with Crippen molar-refractivity contribution in [2.24, 2.45) is 5.92 Å². The zero-order valence-electron chi connectivity index (χ0n) is 12.2. The van der Waals surface area contributed by atoms with Crippen molar-refractivity contribution >= 4 is 11.6 Å². The van der Waals surface area contributed by atoms with E-state index in [1.807, 2.05) is 6.07 Å². The van der Waals surface area contributed by atoms with E-state index in [-0.39, 0.29) is 5.91 Å². The second kappa shape index (κ2) is 8.51. The lowest BCUT2D eigenvalue weighted by atomic mass is 10.1. The maximum atomic E-state index is 11.7. The van der Waals surface area contributed by atoms with Gasteiger partial charge in [-0.25, -0.2) is 4.98 Å². The van der Waals surface area contributed by atoms with Crippen molar-refractivity contribution < 1.29 is 4.79 Å². The number of rotatable bonds is 8. The molecule has 0 fully saturated rings. The van der Waals surface area contributed by atoms with Crippen LogP contribution in [0.15, 0.2) is 18.3 Å². The highest BCUT2D eigenvalue weighted by molar-refractivity contribution is 5.92. The van der Waals surface area contributed by atoms with Gasteiger partial charge in [-0.15, -0.1) is 0 Å². The van der Waals surface area contributed by atoms with E-state index in [4.69, 9.17) is 0 Å². The minimum absolute atomic E-state index is 0.0952. The molecule has 0 radical (unpaired) electrons. The van der Waals surface area contributed by atoms with E-state index in [1.165, 1.54) is 0 Å². The molecular formula is C15H25N3O. The van der Waals surface area contributed by atoms with Gasteiger partial charge in [-0.3, -0.25) is 4.79 Å². The molecule has 1 aromatic rings. The standard InChI is InChI=1S/C15H25N3O/c1-4-5-9-17-15(19)14-7-6-13(11-18-14)16-10-8-12(2)3/h6-7,11-12,16H,4-5,8-10H2,1-3H3,(H,17,19). The highest BCUT2D eigenvalue weighted by Gasteiger charge is 2.05. The number of unbranched alkanes of at least 4 members (excludes halogenated alkanes) is 1.